The van der Waals surface area contributed by atoms with Gasteiger partial charge in [-0.25, -0.2) is 4.68 Å². The number of likely N-dealkylation sites (tertiary alicyclic amines) is 1. The van der Waals surface area contributed by atoms with E-state index in [4.69, 9.17) is 16.7 Å². The van der Waals surface area contributed by atoms with Crippen molar-refractivity contribution in [2.24, 2.45) is 0 Å². The number of aliphatic hydroxyl groups is 1. The summed E-state index contributed by atoms with van der Waals surface area (Å²) >= 11 is 6.70. The molecule has 0 radical (unpaired) electrons. The fourth-order valence-electron chi connectivity index (χ4n) is 3.27. The van der Waals surface area contributed by atoms with Gasteiger partial charge in [0.05, 0.1) is 18.3 Å². The Hall–Kier alpha value is -1.36. The summed E-state index contributed by atoms with van der Waals surface area (Å²) in [5.74, 6) is 0.338. The molecule has 1 aromatic carbocycles. The molecule has 1 N–H and O–H groups in total. The SMILES string of the molecule is CC(C)c1nn(Cc2ccccc2)c(Cl)c1CN1CCC(O)CC1. The minimum atomic E-state index is -0.151. The van der Waals surface area contributed by atoms with Gasteiger partial charge in [-0.3, -0.25) is 4.90 Å². The van der Waals surface area contributed by atoms with Gasteiger partial charge in [-0.2, -0.15) is 5.10 Å². The molecule has 0 unspecified atom stereocenters. The Morgan fingerprint density at radius 1 is 1.17 bits per heavy atom. The van der Waals surface area contributed by atoms with Crippen molar-refractivity contribution in [3.8, 4) is 0 Å². The summed E-state index contributed by atoms with van der Waals surface area (Å²) in [6.07, 6.45) is 1.53. The molecule has 1 fully saturated rings. The van der Waals surface area contributed by atoms with Crippen LogP contribution < -0.4 is 0 Å². The average molecular weight is 348 g/mol. The molecule has 0 saturated carbocycles. The summed E-state index contributed by atoms with van der Waals surface area (Å²) < 4.78 is 1.92. The van der Waals surface area contributed by atoms with Crippen molar-refractivity contribution in [2.75, 3.05) is 13.1 Å². The second kappa shape index (κ2) is 7.68. The van der Waals surface area contributed by atoms with Crippen LogP contribution in [0, 0.1) is 0 Å². The number of piperidine rings is 1. The summed E-state index contributed by atoms with van der Waals surface area (Å²) in [7, 11) is 0. The maximum absolute atomic E-state index is 9.69. The predicted octanol–water partition coefficient (Wildman–Crippen LogP) is 3.66. The zero-order chi connectivity index (χ0) is 17.1. The van der Waals surface area contributed by atoms with Crippen LogP contribution in [0.4, 0.5) is 0 Å². The van der Waals surface area contributed by atoms with E-state index in [2.05, 4.69) is 30.9 Å². The standard InChI is InChI=1S/C19H26ClN3O/c1-14(2)18-17(13-22-10-8-16(24)9-11-22)19(20)23(21-18)12-15-6-4-3-5-7-15/h3-7,14,16,24H,8-13H2,1-2H3. The van der Waals surface area contributed by atoms with Crippen molar-refractivity contribution >= 4 is 11.6 Å². The van der Waals surface area contributed by atoms with Crippen molar-refractivity contribution in [2.45, 2.75) is 51.8 Å². The first-order valence-electron chi connectivity index (χ1n) is 8.74. The first-order chi connectivity index (χ1) is 11.5. The largest absolute Gasteiger partial charge is 0.393 e. The van der Waals surface area contributed by atoms with Gasteiger partial charge in [-0.05, 0) is 24.3 Å². The Kier molecular flexibility index (Phi) is 5.59. The molecule has 0 spiro atoms. The smallest absolute Gasteiger partial charge is 0.132 e. The van der Waals surface area contributed by atoms with E-state index < -0.39 is 0 Å². The van der Waals surface area contributed by atoms with Crippen LogP contribution >= 0.6 is 11.6 Å². The molecule has 0 atom stereocenters. The van der Waals surface area contributed by atoms with E-state index in [0.29, 0.717) is 12.5 Å². The van der Waals surface area contributed by atoms with Crippen LogP contribution in [0.25, 0.3) is 0 Å². The lowest BCUT2D eigenvalue weighted by molar-refractivity contribution is 0.0791. The zero-order valence-electron chi connectivity index (χ0n) is 14.5. The van der Waals surface area contributed by atoms with Crippen molar-refractivity contribution < 1.29 is 5.11 Å². The van der Waals surface area contributed by atoms with Gasteiger partial charge in [-0.1, -0.05) is 55.8 Å². The summed E-state index contributed by atoms with van der Waals surface area (Å²) in [4.78, 5) is 2.37. The molecule has 130 valence electrons. The number of aliphatic hydroxyl groups excluding tert-OH is 1. The number of hydrogen-bond acceptors (Lipinski definition) is 3. The molecule has 5 heteroatoms. The van der Waals surface area contributed by atoms with Gasteiger partial charge < -0.3 is 5.11 Å². The van der Waals surface area contributed by atoms with Crippen LogP contribution in [-0.2, 0) is 13.1 Å². The Bertz CT molecular complexity index is 661. The Labute approximate surface area is 149 Å². The van der Waals surface area contributed by atoms with Crippen molar-refractivity contribution in [3.05, 3.63) is 52.3 Å². The highest BCUT2D eigenvalue weighted by Gasteiger charge is 2.23. The van der Waals surface area contributed by atoms with E-state index in [-0.39, 0.29) is 6.10 Å². The Morgan fingerprint density at radius 2 is 1.83 bits per heavy atom. The van der Waals surface area contributed by atoms with Gasteiger partial charge in [0.15, 0.2) is 0 Å². The first kappa shape index (κ1) is 17.5. The van der Waals surface area contributed by atoms with Crippen LogP contribution in [0.2, 0.25) is 5.15 Å². The highest BCUT2D eigenvalue weighted by molar-refractivity contribution is 6.30. The minimum Gasteiger partial charge on any atom is -0.393 e. The molecule has 3 rings (SSSR count). The summed E-state index contributed by atoms with van der Waals surface area (Å²) in [5.41, 5.74) is 3.42. The highest BCUT2D eigenvalue weighted by Crippen LogP contribution is 2.28. The molecule has 24 heavy (non-hydrogen) atoms. The monoisotopic (exact) mass is 347 g/mol. The van der Waals surface area contributed by atoms with Crippen LogP contribution in [-0.4, -0.2) is 39.0 Å². The van der Waals surface area contributed by atoms with Gasteiger partial charge in [0, 0.05) is 25.2 Å². The van der Waals surface area contributed by atoms with Gasteiger partial charge in [0.25, 0.3) is 0 Å². The molecule has 1 aliphatic rings. The lowest BCUT2D eigenvalue weighted by Gasteiger charge is -2.29. The highest BCUT2D eigenvalue weighted by atomic mass is 35.5. The molecule has 1 saturated heterocycles. The third-order valence-electron chi connectivity index (χ3n) is 4.67. The van der Waals surface area contributed by atoms with Gasteiger partial charge >= 0.3 is 0 Å². The number of halogens is 1. The molecule has 2 heterocycles. The lowest BCUT2D eigenvalue weighted by Crippen LogP contribution is -2.35. The minimum absolute atomic E-state index is 0.151. The molecule has 0 amide bonds. The number of rotatable bonds is 5. The second-order valence-electron chi connectivity index (χ2n) is 6.96. The van der Waals surface area contributed by atoms with Gasteiger partial charge in [0.1, 0.15) is 5.15 Å². The molecule has 1 aromatic heterocycles. The number of benzene rings is 1. The van der Waals surface area contributed by atoms with Gasteiger partial charge in [0.2, 0.25) is 0 Å². The van der Waals surface area contributed by atoms with Crippen LogP contribution in [0.5, 0.6) is 0 Å². The number of aromatic nitrogens is 2. The van der Waals surface area contributed by atoms with E-state index >= 15 is 0 Å². The molecular weight excluding hydrogens is 322 g/mol. The Morgan fingerprint density at radius 3 is 2.46 bits per heavy atom. The van der Waals surface area contributed by atoms with E-state index in [1.165, 1.54) is 5.56 Å². The maximum Gasteiger partial charge on any atom is 0.132 e. The third kappa shape index (κ3) is 4.00. The lowest BCUT2D eigenvalue weighted by atomic mass is 10.0. The van der Waals surface area contributed by atoms with E-state index in [1.54, 1.807) is 0 Å². The topological polar surface area (TPSA) is 41.3 Å². The quantitative estimate of drug-likeness (QED) is 0.897. The maximum atomic E-state index is 9.69. The van der Waals surface area contributed by atoms with E-state index in [9.17, 15) is 5.11 Å². The molecule has 2 aromatic rings. The second-order valence-corrected chi connectivity index (χ2v) is 7.32. The van der Waals surface area contributed by atoms with E-state index in [1.807, 2.05) is 22.9 Å². The number of hydrogen-bond donors (Lipinski definition) is 1. The normalized spacial score (nSPS) is 16.9. The molecule has 0 bridgehead atoms. The molecule has 0 aliphatic carbocycles. The van der Waals surface area contributed by atoms with Crippen molar-refractivity contribution in [1.82, 2.24) is 14.7 Å². The third-order valence-corrected chi connectivity index (χ3v) is 5.10. The first-order valence-corrected chi connectivity index (χ1v) is 9.11. The zero-order valence-corrected chi connectivity index (χ0v) is 15.2. The van der Waals surface area contributed by atoms with Crippen LogP contribution in [0.15, 0.2) is 30.3 Å². The molecule has 1 aliphatic heterocycles. The summed E-state index contributed by atoms with van der Waals surface area (Å²) in [6, 6.07) is 10.3. The van der Waals surface area contributed by atoms with Crippen molar-refractivity contribution in [3.63, 3.8) is 0 Å². The van der Waals surface area contributed by atoms with Crippen molar-refractivity contribution in [1.29, 1.82) is 0 Å². The Balaban J connectivity index is 1.82. The number of nitrogens with zero attached hydrogens (tertiary/aromatic N) is 3. The molecule has 4 nitrogen and oxygen atoms in total. The van der Waals surface area contributed by atoms with E-state index in [0.717, 1.165) is 48.9 Å². The predicted molar refractivity (Wildman–Crippen MR) is 97.4 cm³/mol. The summed E-state index contributed by atoms with van der Waals surface area (Å²) in [5, 5.41) is 15.2. The average Bonchev–Trinajstić information content (AvgIpc) is 2.87. The van der Waals surface area contributed by atoms with Crippen LogP contribution in [0.3, 0.4) is 0 Å². The fraction of sp³-hybridized carbons (Fsp3) is 0.526. The molecular formula is C19H26ClN3O. The van der Waals surface area contributed by atoms with Gasteiger partial charge in [-0.15, -0.1) is 0 Å². The van der Waals surface area contributed by atoms with Crippen LogP contribution in [0.1, 0.15) is 49.4 Å². The fourth-order valence-corrected chi connectivity index (χ4v) is 3.52. The summed E-state index contributed by atoms with van der Waals surface area (Å²) in [6.45, 7) is 7.66.